The zero-order valence-corrected chi connectivity index (χ0v) is 28.3. The maximum atomic E-state index is 14.5. The van der Waals surface area contributed by atoms with Crippen molar-refractivity contribution >= 4 is 28.8 Å². The van der Waals surface area contributed by atoms with Gasteiger partial charge in [-0.05, 0) is 87.3 Å². The average molecular weight is 673 g/mol. The molecule has 0 spiro atoms. The molecule has 3 heterocycles. The number of fused-ring (bicyclic) bond motifs is 5. The molecule has 262 valence electrons. The third kappa shape index (κ3) is 7.27. The van der Waals surface area contributed by atoms with Crippen molar-refractivity contribution in [2.45, 2.75) is 129 Å². The van der Waals surface area contributed by atoms with Gasteiger partial charge in [0.1, 0.15) is 23.9 Å². The largest absolute Gasteiger partial charge is 0.471 e. The van der Waals surface area contributed by atoms with Crippen LogP contribution in [0.1, 0.15) is 103 Å². The lowest BCUT2D eigenvalue weighted by molar-refractivity contribution is -0.142. The molecule has 1 aromatic heterocycles. The Balaban J connectivity index is 1.41. The molecule has 6 atom stereocenters. The molecule has 2 bridgehead atoms. The molecule has 2 aliphatic carbocycles. The summed E-state index contributed by atoms with van der Waals surface area (Å²) in [5.41, 5.74) is -0.562. The van der Waals surface area contributed by atoms with Crippen molar-refractivity contribution in [2.24, 2.45) is 23.2 Å². The van der Waals surface area contributed by atoms with Gasteiger partial charge in [0.25, 0.3) is 0 Å². The van der Waals surface area contributed by atoms with E-state index in [4.69, 9.17) is 14.5 Å². The number of nitrogens with zero attached hydrogens (tertiary/aromatic N) is 3. The van der Waals surface area contributed by atoms with Gasteiger partial charge < -0.3 is 19.7 Å². The number of ether oxygens (including phenoxy) is 2. The number of amides is 2. The third-order valence-corrected chi connectivity index (χ3v) is 10.6. The lowest BCUT2D eigenvalue weighted by atomic mass is 9.85. The monoisotopic (exact) mass is 672 g/mol. The average Bonchev–Trinajstić information content (AvgIpc) is 3.68. The van der Waals surface area contributed by atoms with Crippen molar-refractivity contribution in [2.75, 3.05) is 6.54 Å². The molecule has 6 rings (SSSR count). The molecule has 1 N–H and O–H groups in total. The van der Waals surface area contributed by atoms with Crippen LogP contribution in [-0.2, 0) is 26.9 Å². The fourth-order valence-corrected chi connectivity index (χ4v) is 7.81. The van der Waals surface area contributed by atoms with Crippen molar-refractivity contribution in [3.05, 3.63) is 29.5 Å². The van der Waals surface area contributed by atoms with Gasteiger partial charge in [0.15, 0.2) is 5.78 Å². The van der Waals surface area contributed by atoms with Crippen LogP contribution < -0.4 is 10.1 Å². The van der Waals surface area contributed by atoms with Gasteiger partial charge in [0.2, 0.25) is 11.8 Å². The predicted molar refractivity (Wildman–Crippen MR) is 172 cm³/mol. The SMILES string of the molecule is CC[C@@H]1[C@@H]2CN(C(=O)[C@H](C(C)(C)C)NC(=O)O[C@@H]3CCC[C@H]3CCCCCc3nc4ccc(C(F)(F)F)cc4nc3O2)[C@@H]1C(=O)C1CC1. The maximum Gasteiger partial charge on any atom is 0.416 e. The second kappa shape index (κ2) is 13.5. The van der Waals surface area contributed by atoms with Crippen LogP contribution >= 0.6 is 0 Å². The Hall–Kier alpha value is -3.44. The number of benzene rings is 1. The number of alkyl halides is 3. The van der Waals surface area contributed by atoms with Crippen LogP contribution in [-0.4, -0.2) is 63.5 Å². The van der Waals surface area contributed by atoms with E-state index in [2.05, 4.69) is 10.3 Å². The smallest absolute Gasteiger partial charge is 0.416 e. The van der Waals surface area contributed by atoms with E-state index < -0.39 is 41.4 Å². The maximum absolute atomic E-state index is 14.5. The normalized spacial score (nSPS) is 29.3. The number of nitrogens with one attached hydrogen (secondary N) is 1. The molecule has 9 nitrogen and oxygen atoms in total. The number of aromatic nitrogens is 2. The van der Waals surface area contributed by atoms with E-state index in [0.29, 0.717) is 24.1 Å². The Morgan fingerprint density at radius 2 is 1.69 bits per heavy atom. The molecule has 0 radical (unpaired) electrons. The van der Waals surface area contributed by atoms with Crippen LogP contribution in [0.15, 0.2) is 18.2 Å². The lowest BCUT2D eigenvalue weighted by Crippen LogP contribution is -2.57. The summed E-state index contributed by atoms with van der Waals surface area (Å²) in [7, 11) is 0. The summed E-state index contributed by atoms with van der Waals surface area (Å²) >= 11 is 0. The number of aryl methyl sites for hydroxylation is 1. The van der Waals surface area contributed by atoms with E-state index >= 15 is 0 Å². The Morgan fingerprint density at radius 1 is 0.938 bits per heavy atom. The van der Waals surface area contributed by atoms with Gasteiger partial charge in [-0.25, -0.2) is 14.8 Å². The van der Waals surface area contributed by atoms with Crippen molar-refractivity contribution in [3.63, 3.8) is 0 Å². The number of hydrogen-bond acceptors (Lipinski definition) is 7. The minimum absolute atomic E-state index is 0.0177. The second-order valence-electron chi connectivity index (χ2n) is 15.2. The van der Waals surface area contributed by atoms with Gasteiger partial charge in [0.05, 0.1) is 29.2 Å². The van der Waals surface area contributed by atoms with Crippen molar-refractivity contribution < 1.29 is 37.0 Å². The Morgan fingerprint density at radius 3 is 2.38 bits per heavy atom. The first-order valence-corrected chi connectivity index (χ1v) is 17.6. The number of hydrogen-bond donors (Lipinski definition) is 1. The van der Waals surface area contributed by atoms with E-state index in [-0.39, 0.29) is 53.5 Å². The molecule has 4 aliphatic rings. The van der Waals surface area contributed by atoms with Crippen LogP contribution in [0.3, 0.4) is 0 Å². The standard InChI is InChI=1S/C36H47F3N4O5/c1-5-23-28-19-43(29(23)30(44)21-14-15-21)33(45)31(35(2,3)4)42-34(46)48-27-13-9-11-20(27)10-7-6-8-12-25-32(47-28)41-26-18-22(36(37,38)39)16-17-24(26)40-25/h16-18,20-21,23,27-29,31H,5-15,19H2,1-4H3,(H,42,46)/t20-,23-,27-,28+,29+,31-/m1/s1. The first-order valence-electron chi connectivity index (χ1n) is 17.6. The van der Waals surface area contributed by atoms with Gasteiger partial charge >= 0.3 is 12.3 Å². The van der Waals surface area contributed by atoms with E-state index in [9.17, 15) is 27.6 Å². The number of Topliss-reactive ketones (excluding diaryl/α,β-unsaturated/α-hetero) is 1. The molecular weight excluding hydrogens is 625 g/mol. The molecule has 1 aromatic carbocycles. The number of alkyl carbamates (subject to hydrolysis) is 1. The van der Waals surface area contributed by atoms with Crippen molar-refractivity contribution in [3.8, 4) is 5.88 Å². The highest BCUT2D eigenvalue weighted by molar-refractivity contribution is 5.95. The summed E-state index contributed by atoms with van der Waals surface area (Å²) in [4.78, 5) is 52.6. The molecule has 2 amide bonds. The topological polar surface area (TPSA) is 111 Å². The van der Waals surface area contributed by atoms with E-state index in [1.165, 1.54) is 6.07 Å². The predicted octanol–water partition coefficient (Wildman–Crippen LogP) is 7.04. The second-order valence-corrected chi connectivity index (χ2v) is 15.2. The summed E-state index contributed by atoms with van der Waals surface area (Å²) in [6.45, 7) is 7.60. The van der Waals surface area contributed by atoms with Gasteiger partial charge in [0, 0.05) is 11.8 Å². The Bertz CT molecular complexity index is 1540. The van der Waals surface area contributed by atoms with Gasteiger partial charge in [-0.1, -0.05) is 40.5 Å². The molecule has 2 saturated carbocycles. The molecule has 0 unspecified atom stereocenters. The lowest BCUT2D eigenvalue weighted by Gasteiger charge is -2.36. The summed E-state index contributed by atoms with van der Waals surface area (Å²) in [5.74, 6) is -0.554. The zero-order chi connectivity index (χ0) is 34.4. The molecule has 12 heteroatoms. The summed E-state index contributed by atoms with van der Waals surface area (Å²) in [5, 5.41) is 2.88. The van der Waals surface area contributed by atoms with E-state index in [1.807, 2.05) is 27.7 Å². The van der Waals surface area contributed by atoms with Gasteiger partial charge in [-0.2, -0.15) is 13.2 Å². The summed E-state index contributed by atoms with van der Waals surface area (Å²) < 4.78 is 53.4. The van der Waals surface area contributed by atoms with Crippen LogP contribution in [0.2, 0.25) is 0 Å². The van der Waals surface area contributed by atoms with Gasteiger partial charge in [-0.15, -0.1) is 0 Å². The number of carbonyl (C=O) groups excluding carboxylic acids is 3. The first kappa shape index (κ1) is 34.4. The molecule has 2 aromatic rings. The van der Waals surface area contributed by atoms with Crippen LogP contribution in [0.4, 0.5) is 18.0 Å². The molecule has 3 fully saturated rings. The quantitative estimate of drug-likeness (QED) is 0.373. The number of halogens is 3. The van der Waals surface area contributed by atoms with Crippen molar-refractivity contribution in [1.29, 1.82) is 0 Å². The third-order valence-electron chi connectivity index (χ3n) is 10.6. The van der Waals surface area contributed by atoms with E-state index in [0.717, 1.165) is 69.9 Å². The van der Waals surface area contributed by atoms with Crippen molar-refractivity contribution in [1.82, 2.24) is 20.2 Å². The fraction of sp³-hybridized carbons (Fsp3) is 0.694. The molecular formula is C36H47F3N4O5. The zero-order valence-electron chi connectivity index (χ0n) is 28.3. The minimum atomic E-state index is -4.55. The molecule has 1 saturated heterocycles. The number of carbonyl (C=O) groups is 3. The molecule has 2 aliphatic heterocycles. The highest BCUT2D eigenvalue weighted by atomic mass is 19.4. The minimum Gasteiger partial charge on any atom is -0.471 e. The summed E-state index contributed by atoms with van der Waals surface area (Å²) in [6, 6.07) is 1.60. The Labute approximate surface area is 279 Å². The number of rotatable bonds is 3. The van der Waals surface area contributed by atoms with Crippen LogP contribution in [0.25, 0.3) is 11.0 Å². The molecule has 48 heavy (non-hydrogen) atoms. The highest BCUT2D eigenvalue weighted by Gasteiger charge is 2.53. The van der Waals surface area contributed by atoms with Crippen LogP contribution in [0.5, 0.6) is 5.88 Å². The highest BCUT2D eigenvalue weighted by Crippen LogP contribution is 2.41. The fourth-order valence-electron chi connectivity index (χ4n) is 7.81. The van der Waals surface area contributed by atoms with Crippen LogP contribution in [0, 0.1) is 23.2 Å². The van der Waals surface area contributed by atoms with Gasteiger partial charge in [-0.3, -0.25) is 9.59 Å². The van der Waals surface area contributed by atoms with E-state index in [1.54, 1.807) is 4.90 Å². The summed E-state index contributed by atoms with van der Waals surface area (Å²) in [6.07, 6.45) is 2.66. The first-order chi connectivity index (χ1) is 22.7. The Kier molecular flexibility index (Phi) is 9.65. The number of ketones is 1.